The van der Waals surface area contributed by atoms with Gasteiger partial charge in [-0.15, -0.1) is 0 Å². The first kappa shape index (κ1) is 15.7. The molecule has 0 atom stereocenters. The summed E-state index contributed by atoms with van der Waals surface area (Å²) < 4.78 is 2.17. The van der Waals surface area contributed by atoms with Gasteiger partial charge in [-0.25, -0.2) is 15.0 Å². The highest BCUT2D eigenvalue weighted by Crippen LogP contribution is 2.35. The van der Waals surface area contributed by atoms with Gasteiger partial charge in [0.15, 0.2) is 5.78 Å². The van der Waals surface area contributed by atoms with Gasteiger partial charge in [0.1, 0.15) is 17.8 Å². The molecule has 1 aliphatic rings. The molecule has 1 aliphatic carbocycles. The van der Waals surface area contributed by atoms with Gasteiger partial charge >= 0.3 is 0 Å². The molecule has 0 amide bonds. The molecule has 3 heterocycles. The largest absolute Gasteiger partial charge is 0.384 e. The maximum Gasteiger partial charge on any atom is 0.195 e. The van der Waals surface area contributed by atoms with Gasteiger partial charge in [-0.1, -0.05) is 6.92 Å². The lowest BCUT2D eigenvalue weighted by molar-refractivity contribution is 0.104. The van der Waals surface area contributed by atoms with Gasteiger partial charge in [0.05, 0.1) is 5.56 Å². The van der Waals surface area contributed by atoms with Crippen LogP contribution in [-0.2, 0) is 0 Å². The Morgan fingerprint density at radius 2 is 2.04 bits per heavy atom. The zero-order valence-corrected chi connectivity index (χ0v) is 14.2. The van der Waals surface area contributed by atoms with E-state index in [2.05, 4.69) is 26.4 Å². The zero-order chi connectivity index (χ0) is 17.4. The summed E-state index contributed by atoms with van der Waals surface area (Å²) >= 11 is 0. The number of ketones is 1. The number of carbonyl (C=O) groups excluding carboxylic acids is 1. The number of nitrogens with zero attached hydrogens (tertiary/aromatic N) is 4. The summed E-state index contributed by atoms with van der Waals surface area (Å²) in [7, 11) is 0. The minimum absolute atomic E-state index is 0.0724. The van der Waals surface area contributed by atoms with E-state index in [0.717, 1.165) is 29.8 Å². The molecule has 0 bridgehead atoms. The van der Waals surface area contributed by atoms with Crippen LogP contribution in [-0.4, -0.2) is 25.3 Å². The number of pyridine rings is 1. The van der Waals surface area contributed by atoms with Gasteiger partial charge in [-0.3, -0.25) is 4.79 Å². The van der Waals surface area contributed by atoms with Crippen molar-refractivity contribution in [2.24, 2.45) is 5.92 Å². The molecule has 25 heavy (non-hydrogen) atoms. The van der Waals surface area contributed by atoms with Gasteiger partial charge in [0, 0.05) is 35.6 Å². The summed E-state index contributed by atoms with van der Waals surface area (Å²) in [5.41, 5.74) is 7.72. The molecule has 2 N–H and O–H groups in total. The van der Waals surface area contributed by atoms with Crippen LogP contribution < -0.4 is 5.73 Å². The Kier molecular flexibility index (Phi) is 3.95. The van der Waals surface area contributed by atoms with Crippen molar-refractivity contribution in [3.8, 4) is 0 Å². The molecule has 128 valence electrons. The second-order valence-electron chi connectivity index (χ2n) is 6.92. The lowest BCUT2D eigenvalue weighted by Gasteiger charge is -2.27. The van der Waals surface area contributed by atoms with Crippen molar-refractivity contribution < 1.29 is 4.79 Å². The molecule has 0 unspecified atom stereocenters. The first-order valence-corrected chi connectivity index (χ1v) is 8.70. The average Bonchev–Trinajstić information content (AvgIpc) is 3.01. The zero-order valence-electron chi connectivity index (χ0n) is 14.2. The van der Waals surface area contributed by atoms with Crippen LogP contribution in [0.3, 0.4) is 0 Å². The van der Waals surface area contributed by atoms with Crippen molar-refractivity contribution in [1.82, 2.24) is 19.5 Å². The van der Waals surface area contributed by atoms with Crippen LogP contribution in [0.25, 0.3) is 11.0 Å². The third kappa shape index (κ3) is 2.88. The summed E-state index contributed by atoms with van der Waals surface area (Å²) in [6.45, 7) is 2.30. The minimum atomic E-state index is -0.0724. The molecule has 1 fully saturated rings. The topological polar surface area (TPSA) is 86.7 Å². The second-order valence-corrected chi connectivity index (χ2v) is 6.92. The molecule has 4 rings (SSSR count). The number of carbonyl (C=O) groups is 1. The number of rotatable bonds is 3. The maximum atomic E-state index is 13.0. The highest BCUT2D eigenvalue weighted by Gasteiger charge is 2.25. The van der Waals surface area contributed by atoms with Crippen molar-refractivity contribution in [3.63, 3.8) is 0 Å². The van der Waals surface area contributed by atoms with E-state index in [1.165, 1.54) is 12.8 Å². The first-order valence-electron chi connectivity index (χ1n) is 8.70. The van der Waals surface area contributed by atoms with Crippen LogP contribution in [0.2, 0.25) is 0 Å². The summed E-state index contributed by atoms with van der Waals surface area (Å²) in [6, 6.07) is 3.68. The number of hydrogen-bond acceptors (Lipinski definition) is 5. The Hall–Kier alpha value is -2.76. The lowest BCUT2D eigenvalue weighted by atomic mass is 9.87. The molecule has 3 aromatic heterocycles. The SMILES string of the molecule is CC1CCC(n2cc(C(=O)c3ccnc(N)c3)c3cncnc32)CC1. The highest BCUT2D eigenvalue weighted by atomic mass is 16.1. The minimum Gasteiger partial charge on any atom is -0.384 e. The molecule has 0 spiro atoms. The number of hydrogen-bond donors (Lipinski definition) is 1. The summed E-state index contributed by atoms with van der Waals surface area (Å²) in [5, 5.41) is 0.793. The van der Waals surface area contributed by atoms with Crippen molar-refractivity contribution in [2.75, 3.05) is 5.73 Å². The van der Waals surface area contributed by atoms with E-state index in [4.69, 9.17) is 5.73 Å². The quantitative estimate of drug-likeness (QED) is 0.741. The fourth-order valence-electron chi connectivity index (χ4n) is 3.71. The van der Waals surface area contributed by atoms with E-state index in [9.17, 15) is 4.79 Å². The van der Waals surface area contributed by atoms with E-state index in [1.54, 1.807) is 30.9 Å². The van der Waals surface area contributed by atoms with E-state index in [0.29, 0.717) is 23.0 Å². The first-order chi connectivity index (χ1) is 12.1. The Morgan fingerprint density at radius 3 is 2.80 bits per heavy atom. The predicted molar refractivity (Wildman–Crippen MR) is 96.3 cm³/mol. The number of nitrogens with two attached hydrogens (primary N) is 1. The third-order valence-corrected chi connectivity index (χ3v) is 5.16. The van der Waals surface area contributed by atoms with E-state index in [-0.39, 0.29) is 5.78 Å². The van der Waals surface area contributed by atoms with Crippen LogP contribution in [0.4, 0.5) is 5.82 Å². The fourth-order valence-corrected chi connectivity index (χ4v) is 3.71. The highest BCUT2D eigenvalue weighted by molar-refractivity contribution is 6.16. The van der Waals surface area contributed by atoms with Crippen LogP contribution in [0.5, 0.6) is 0 Å². The Balaban J connectivity index is 1.78. The Morgan fingerprint density at radius 1 is 1.24 bits per heavy atom. The third-order valence-electron chi connectivity index (χ3n) is 5.16. The van der Waals surface area contributed by atoms with E-state index < -0.39 is 0 Å². The molecule has 0 saturated heterocycles. The lowest BCUT2D eigenvalue weighted by Crippen LogP contribution is -2.16. The Labute approximate surface area is 146 Å². The van der Waals surface area contributed by atoms with Gasteiger partial charge < -0.3 is 10.3 Å². The molecule has 1 saturated carbocycles. The number of anilines is 1. The smallest absolute Gasteiger partial charge is 0.195 e. The van der Waals surface area contributed by atoms with Gasteiger partial charge in [0.2, 0.25) is 0 Å². The number of aromatic nitrogens is 4. The molecule has 0 radical (unpaired) electrons. The van der Waals surface area contributed by atoms with Crippen LogP contribution in [0.1, 0.15) is 54.6 Å². The molecule has 0 aliphatic heterocycles. The fraction of sp³-hybridized carbons (Fsp3) is 0.368. The average molecular weight is 335 g/mol. The van der Waals surface area contributed by atoms with Crippen molar-refractivity contribution in [3.05, 3.63) is 48.2 Å². The standard InChI is InChI=1S/C19H21N5O/c1-12-2-4-14(5-3-12)24-10-16(15-9-21-11-23-19(15)24)18(25)13-6-7-22-17(20)8-13/h6-12,14H,2-5H2,1H3,(H2,20,22). The monoisotopic (exact) mass is 335 g/mol. The normalized spacial score (nSPS) is 20.7. The summed E-state index contributed by atoms with van der Waals surface area (Å²) in [5.74, 6) is 1.04. The van der Waals surface area contributed by atoms with Crippen molar-refractivity contribution >= 4 is 22.6 Å². The maximum absolute atomic E-state index is 13.0. The number of fused-ring (bicyclic) bond motifs is 1. The van der Waals surface area contributed by atoms with Crippen molar-refractivity contribution in [1.29, 1.82) is 0 Å². The molecular formula is C19H21N5O. The molecule has 0 aromatic carbocycles. The van der Waals surface area contributed by atoms with Gasteiger partial charge in [-0.05, 0) is 43.7 Å². The van der Waals surface area contributed by atoms with Crippen LogP contribution >= 0.6 is 0 Å². The van der Waals surface area contributed by atoms with Crippen LogP contribution in [0, 0.1) is 5.92 Å². The molecule has 3 aromatic rings. The van der Waals surface area contributed by atoms with Gasteiger partial charge in [-0.2, -0.15) is 0 Å². The van der Waals surface area contributed by atoms with Gasteiger partial charge in [0.25, 0.3) is 0 Å². The predicted octanol–water partition coefficient (Wildman–Crippen LogP) is 3.39. The molecule has 6 nitrogen and oxygen atoms in total. The molecular weight excluding hydrogens is 314 g/mol. The Bertz CT molecular complexity index is 924. The summed E-state index contributed by atoms with van der Waals surface area (Å²) in [6.07, 6.45) is 11.4. The molecule has 6 heteroatoms. The van der Waals surface area contributed by atoms with E-state index in [1.807, 2.05) is 6.20 Å². The van der Waals surface area contributed by atoms with Crippen LogP contribution in [0.15, 0.2) is 37.1 Å². The van der Waals surface area contributed by atoms with Crippen molar-refractivity contribution in [2.45, 2.75) is 38.6 Å². The summed E-state index contributed by atoms with van der Waals surface area (Å²) in [4.78, 5) is 25.5. The number of nitrogen functional groups attached to an aromatic ring is 1. The van der Waals surface area contributed by atoms with E-state index >= 15 is 0 Å². The second kappa shape index (κ2) is 6.27.